The summed E-state index contributed by atoms with van der Waals surface area (Å²) in [5.74, 6) is 0.989. The average Bonchev–Trinajstić information content (AvgIpc) is 2.78. The molecular weight excluding hydrogens is 372 g/mol. The van der Waals surface area contributed by atoms with Gasteiger partial charge in [-0.25, -0.2) is 0 Å². The molecule has 2 amide bonds. The first-order valence-electron chi connectivity index (χ1n) is 9.80. The maximum absolute atomic E-state index is 13.1. The molecule has 1 saturated heterocycles. The minimum atomic E-state index is -0.723. The molecule has 0 saturated carbocycles. The third-order valence-corrected chi connectivity index (χ3v) is 4.98. The third-order valence-electron chi connectivity index (χ3n) is 4.98. The molecule has 1 fully saturated rings. The maximum Gasteiger partial charge on any atom is 0.249 e. The fourth-order valence-electron chi connectivity index (χ4n) is 3.49. The van der Waals surface area contributed by atoms with Crippen LogP contribution in [0, 0.1) is 0 Å². The van der Waals surface area contributed by atoms with Crippen LogP contribution in [0.2, 0.25) is 0 Å². The van der Waals surface area contributed by atoms with Crippen molar-refractivity contribution in [1.82, 2.24) is 10.2 Å². The lowest BCUT2D eigenvalue weighted by molar-refractivity contribution is -0.140. The van der Waals surface area contributed by atoms with Crippen LogP contribution in [-0.4, -0.2) is 56.2 Å². The van der Waals surface area contributed by atoms with Gasteiger partial charge in [-0.3, -0.25) is 9.59 Å². The number of carbonyl (C=O) groups excluding carboxylic acids is 2. The minimum Gasteiger partial charge on any atom is -0.486 e. The van der Waals surface area contributed by atoms with E-state index in [-0.39, 0.29) is 18.2 Å². The molecule has 2 aromatic carbocycles. The van der Waals surface area contributed by atoms with Gasteiger partial charge in [0, 0.05) is 13.1 Å². The van der Waals surface area contributed by atoms with Crippen molar-refractivity contribution < 1.29 is 23.8 Å². The van der Waals surface area contributed by atoms with Gasteiger partial charge in [-0.2, -0.15) is 0 Å². The highest BCUT2D eigenvalue weighted by Crippen LogP contribution is 2.31. The molecule has 7 heteroatoms. The van der Waals surface area contributed by atoms with Gasteiger partial charge in [-0.05, 0) is 23.3 Å². The second kappa shape index (κ2) is 8.96. The second-order valence-corrected chi connectivity index (χ2v) is 7.00. The summed E-state index contributed by atoms with van der Waals surface area (Å²) in [6, 6.07) is 14.1. The molecule has 4 rings (SSSR count). The summed E-state index contributed by atoms with van der Waals surface area (Å²) in [4.78, 5) is 27.6. The Hall–Kier alpha value is -3.06. The van der Waals surface area contributed by atoms with Gasteiger partial charge in [0.15, 0.2) is 11.5 Å². The van der Waals surface area contributed by atoms with Crippen LogP contribution < -0.4 is 14.8 Å². The number of carbonyl (C=O) groups is 2. The van der Waals surface area contributed by atoms with E-state index < -0.39 is 6.04 Å². The standard InChI is InChI=1S/C22H24N2O5/c25-20(15-16-6-7-18-19(14-16)29-13-12-28-18)23-21(17-4-2-1-3-5-17)22(26)24-8-10-27-11-9-24/h1-7,14,21H,8-13,15H2,(H,23,25). The summed E-state index contributed by atoms with van der Waals surface area (Å²) in [6.07, 6.45) is 0.149. The van der Waals surface area contributed by atoms with Gasteiger partial charge < -0.3 is 24.4 Å². The number of ether oxygens (including phenoxy) is 3. The van der Waals surface area contributed by atoms with Crippen molar-refractivity contribution >= 4 is 11.8 Å². The largest absolute Gasteiger partial charge is 0.486 e. The summed E-state index contributed by atoms with van der Waals surface area (Å²) in [5.41, 5.74) is 1.57. The Morgan fingerprint density at radius 3 is 2.41 bits per heavy atom. The SMILES string of the molecule is O=C(Cc1ccc2c(c1)OCCO2)NC(C(=O)N1CCOCC1)c1ccccc1. The summed E-state index contributed by atoms with van der Waals surface area (Å²) in [6.45, 7) is 3.10. The Labute approximate surface area is 169 Å². The average molecular weight is 396 g/mol. The molecule has 0 bridgehead atoms. The van der Waals surface area contributed by atoms with Crippen molar-refractivity contribution in [2.75, 3.05) is 39.5 Å². The maximum atomic E-state index is 13.1. The van der Waals surface area contributed by atoms with Crippen molar-refractivity contribution in [2.24, 2.45) is 0 Å². The molecule has 2 aliphatic heterocycles. The molecule has 0 spiro atoms. The lowest BCUT2D eigenvalue weighted by Gasteiger charge is -2.31. The van der Waals surface area contributed by atoms with Crippen molar-refractivity contribution in [3.05, 3.63) is 59.7 Å². The molecule has 1 unspecified atom stereocenters. The van der Waals surface area contributed by atoms with E-state index in [4.69, 9.17) is 14.2 Å². The number of amides is 2. The Kier molecular flexibility index (Phi) is 5.95. The first kappa shape index (κ1) is 19.3. The summed E-state index contributed by atoms with van der Waals surface area (Å²) in [7, 11) is 0. The van der Waals surface area contributed by atoms with Gasteiger partial charge in [0.1, 0.15) is 19.3 Å². The normalized spacial score (nSPS) is 16.8. The van der Waals surface area contributed by atoms with Gasteiger partial charge in [-0.1, -0.05) is 36.4 Å². The third kappa shape index (κ3) is 4.68. The molecule has 2 aliphatic rings. The number of hydrogen-bond acceptors (Lipinski definition) is 5. The van der Waals surface area contributed by atoms with Crippen LogP contribution in [0.1, 0.15) is 17.2 Å². The van der Waals surface area contributed by atoms with E-state index in [0.29, 0.717) is 51.0 Å². The van der Waals surface area contributed by atoms with Crippen molar-refractivity contribution in [3.8, 4) is 11.5 Å². The van der Waals surface area contributed by atoms with Crippen LogP contribution in [0.5, 0.6) is 11.5 Å². The van der Waals surface area contributed by atoms with E-state index in [1.54, 1.807) is 4.90 Å². The Morgan fingerprint density at radius 2 is 1.66 bits per heavy atom. The molecule has 29 heavy (non-hydrogen) atoms. The highest BCUT2D eigenvalue weighted by Gasteiger charge is 2.28. The number of benzene rings is 2. The number of rotatable bonds is 5. The molecule has 7 nitrogen and oxygen atoms in total. The van der Waals surface area contributed by atoms with Crippen LogP contribution in [0.15, 0.2) is 48.5 Å². The molecule has 2 heterocycles. The molecule has 0 radical (unpaired) electrons. The predicted octanol–water partition coefficient (Wildman–Crippen LogP) is 1.72. The fourth-order valence-corrected chi connectivity index (χ4v) is 3.49. The van der Waals surface area contributed by atoms with E-state index in [1.165, 1.54) is 0 Å². The smallest absolute Gasteiger partial charge is 0.249 e. The Balaban J connectivity index is 1.48. The molecule has 0 aliphatic carbocycles. The van der Waals surface area contributed by atoms with E-state index in [0.717, 1.165) is 11.1 Å². The molecule has 152 valence electrons. The van der Waals surface area contributed by atoms with Crippen LogP contribution in [0.4, 0.5) is 0 Å². The quantitative estimate of drug-likeness (QED) is 0.833. The van der Waals surface area contributed by atoms with Crippen molar-refractivity contribution in [1.29, 1.82) is 0 Å². The van der Waals surface area contributed by atoms with E-state index in [2.05, 4.69) is 5.32 Å². The zero-order valence-electron chi connectivity index (χ0n) is 16.1. The van der Waals surface area contributed by atoms with Gasteiger partial charge in [0.25, 0.3) is 0 Å². The van der Waals surface area contributed by atoms with Gasteiger partial charge >= 0.3 is 0 Å². The zero-order valence-corrected chi connectivity index (χ0v) is 16.1. The lowest BCUT2D eigenvalue weighted by Crippen LogP contribution is -2.47. The molecule has 0 aromatic heterocycles. The van der Waals surface area contributed by atoms with Crippen molar-refractivity contribution in [3.63, 3.8) is 0 Å². The van der Waals surface area contributed by atoms with Crippen LogP contribution in [-0.2, 0) is 20.7 Å². The monoisotopic (exact) mass is 396 g/mol. The van der Waals surface area contributed by atoms with E-state index >= 15 is 0 Å². The molecule has 1 atom stereocenters. The Morgan fingerprint density at radius 1 is 0.931 bits per heavy atom. The first-order chi connectivity index (χ1) is 14.2. The zero-order chi connectivity index (χ0) is 20.1. The predicted molar refractivity (Wildman–Crippen MR) is 106 cm³/mol. The molecular formula is C22H24N2O5. The number of nitrogens with zero attached hydrogens (tertiary/aromatic N) is 1. The summed E-state index contributed by atoms with van der Waals surface area (Å²) < 4.78 is 16.4. The topological polar surface area (TPSA) is 77.1 Å². The van der Waals surface area contributed by atoms with Gasteiger partial charge in [0.2, 0.25) is 11.8 Å². The summed E-state index contributed by atoms with van der Waals surface area (Å²) >= 11 is 0. The van der Waals surface area contributed by atoms with E-state index in [1.807, 2.05) is 48.5 Å². The number of morpholine rings is 1. The van der Waals surface area contributed by atoms with Crippen LogP contribution >= 0.6 is 0 Å². The molecule has 1 N–H and O–H groups in total. The lowest BCUT2D eigenvalue weighted by atomic mass is 10.0. The Bertz CT molecular complexity index is 865. The highest BCUT2D eigenvalue weighted by atomic mass is 16.6. The van der Waals surface area contributed by atoms with E-state index in [9.17, 15) is 9.59 Å². The summed E-state index contributed by atoms with van der Waals surface area (Å²) in [5, 5.41) is 2.92. The van der Waals surface area contributed by atoms with Gasteiger partial charge in [0.05, 0.1) is 19.6 Å². The van der Waals surface area contributed by atoms with Crippen LogP contribution in [0.3, 0.4) is 0 Å². The molecule has 2 aromatic rings. The first-order valence-corrected chi connectivity index (χ1v) is 9.80. The second-order valence-electron chi connectivity index (χ2n) is 7.00. The van der Waals surface area contributed by atoms with Crippen molar-refractivity contribution in [2.45, 2.75) is 12.5 Å². The number of hydrogen-bond donors (Lipinski definition) is 1. The van der Waals surface area contributed by atoms with Crippen LogP contribution in [0.25, 0.3) is 0 Å². The number of nitrogens with one attached hydrogen (secondary N) is 1. The highest BCUT2D eigenvalue weighted by molar-refractivity contribution is 5.89. The minimum absolute atomic E-state index is 0.116. The van der Waals surface area contributed by atoms with Gasteiger partial charge in [-0.15, -0.1) is 0 Å². The number of fused-ring (bicyclic) bond motifs is 1. The fraction of sp³-hybridized carbons (Fsp3) is 0.364.